The zero-order valence-corrected chi connectivity index (χ0v) is 11.3. The minimum absolute atomic E-state index is 0.0543. The first-order chi connectivity index (χ1) is 8.20. The van der Waals surface area contributed by atoms with Gasteiger partial charge in [-0.05, 0) is 24.6 Å². The Morgan fingerprint density at radius 3 is 3.06 bits per heavy atom. The Labute approximate surface area is 109 Å². The Balaban J connectivity index is 2.11. The molecule has 1 aromatic carbocycles. The maximum Gasteiger partial charge on any atom is 0.142 e. The summed E-state index contributed by atoms with van der Waals surface area (Å²) < 4.78 is 11.5. The van der Waals surface area contributed by atoms with Crippen molar-refractivity contribution in [2.75, 3.05) is 20.3 Å². The Morgan fingerprint density at radius 2 is 2.41 bits per heavy atom. The van der Waals surface area contributed by atoms with Gasteiger partial charge in [-0.2, -0.15) is 0 Å². The number of Topliss-reactive ketones (excluding diaryl/α,β-unsaturated/α-hetero) is 1. The lowest BCUT2D eigenvalue weighted by atomic mass is 9.97. The highest BCUT2D eigenvalue weighted by atomic mass is 79.9. The first-order valence-corrected chi connectivity index (χ1v) is 6.43. The summed E-state index contributed by atoms with van der Waals surface area (Å²) in [6.45, 7) is 1.27. The van der Waals surface area contributed by atoms with Gasteiger partial charge < -0.3 is 9.47 Å². The van der Waals surface area contributed by atoms with E-state index in [9.17, 15) is 4.79 Å². The molecule has 0 amide bonds. The normalized spacial score (nSPS) is 19.3. The molecule has 2 rings (SSSR count). The van der Waals surface area contributed by atoms with Crippen molar-refractivity contribution in [3.8, 4) is 5.75 Å². The molecule has 0 aliphatic carbocycles. The molecule has 1 aliphatic rings. The SMILES string of the molecule is COc1ccc(Br)cc1CC(=O)C1CCOC1. The topological polar surface area (TPSA) is 35.5 Å². The number of halogens is 1. The van der Waals surface area contributed by atoms with Crippen LogP contribution in [-0.2, 0) is 16.0 Å². The van der Waals surface area contributed by atoms with Gasteiger partial charge in [0.15, 0.2) is 0 Å². The van der Waals surface area contributed by atoms with Crippen molar-refractivity contribution in [1.82, 2.24) is 0 Å². The second kappa shape index (κ2) is 5.65. The van der Waals surface area contributed by atoms with Gasteiger partial charge in [0, 0.05) is 29.0 Å². The molecule has 1 aliphatic heterocycles. The van der Waals surface area contributed by atoms with Crippen molar-refractivity contribution in [2.24, 2.45) is 5.92 Å². The third-order valence-electron chi connectivity index (χ3n) is 2.99. The Kier molecular flexibility index (Phi) is 4.18. The van der Waals surface area contributed by atoms with Crippen LogP contribution >= 0.6 is 15.9 Å². The summed E-state index contributed by atoms with van der Waals surface area (Å²) in [7, 11) is 1.62. The lowest BCUT2D eigenvalue weighted by Crippen LogP contribution is -2.17. The fourth-order valence-electron chi connectivity index (χ4n) is 2.01. The molecule has 0 spiro atoms. The van der Waals surface area contributed by atoms with E-state index in [-0.39, 0.29) is 11.7 Å². The second-order valence-corrected chi connectivity index (χ2v) is 5.08. The molecule has 0 radical (unpaired) electrons. The first kappa shape index (κ1) is 12.6. The average molecular weight is 299 g/mol. The van der Waals surface area contributed by atoms with Crippen molar-refractivity contribution >= 4 is 21.7 Å². The van der Waals surface area contributed by atoms with Crippen LogP contribution in [0.3, 0.4) is 0 Å². The molecule has 0 N–H and O–H groups in total. The zero-order chi connectivity index (χ0) is 12.3. The van der Waals surface area contributed by atoms with Crippen LogP contribution in [0.15, 0.2) is 22.7 Å². The summed E-state index contributed by atoms with van der Waals surface area (Å²) in [6.07, 6.45) is 1.26. The molecule has 0 bridgehead atoms. The van der Waals surface area contributed by atoms with Crippen molar-refractivity contribution < 1.29 is 14.3 Å². The van der Waals surface area contributed by atoms with Gasteiger partial charge in [-0.15, -0.1) is 0 Å². The minimum atomic E-state index is 0.0543. The molecule has 92 valence electrons. The van der Waals surface area contributed by atoms with Crippen molar-refractivity contribution in [3.63, 3.8) is 0 Å². The van der Waals surface area contributed by atoms with E-state index >= 15 is 0 Å². The Hall–Kier alpha value is -0.870. The van der Waals surface area contributed by atoms with Gasteiger partial charge >= 0.3 is 0 Å². The number of benzene rings is 1. The average Bonchev–Trinajstić information content (AvgIpc) is 2.83. The Morgan fingerprint density at radius 1 is 1.59 bits per heavy atom. The summed E-state index contributed by atoms with van der Waals surface area (Å²) in [5.41, 5.74) is 0.929. The number of ketones is 1. The van der Waals surface area contributed by atoms with E-state index in [0.717, 1.165) is 22.2 Å². The molecule has 0 aromatic heterocycles. The van der Waals surface area contributed by atoms with Gasteiger partial charge in [-0.1, -0.05) is 15.9 Å². The molecule has 3 nitrogen and oxygen atoms in total. The van der Waals surface area contributed by atoms with Crippen LogP contribution in [-0.4, -0.2) is 26.1 Å². The van der Waals surface area contributed by atoms with Crippen LogP contribution < -0.4 is 4.74 Å². The zero-order valence-electron chi connectivity index (χ0n) is 9.74. The van der Waals surface area contributed by atoms with Crippen LogP contribution in [0, 0.1) is 5.92 Å². The lowest BCUT2D eigenvalue weighted by Gasteiger charge is -2.10. The molecule has 4 heteroatoms. The van der Waals surface area contributed by atoms with Gasteiger partial charge in [0.2, 0.25) is 0 Å². The van der Waals surface area contributed by atoms with E-state index in [1.54, 1.807) is 7.11 Å². The molecule has 0 saturated carbocycles. The number of rotatable bonds is 4. The highest BCUT2D eigenvalue weighted by Crippen LogP contribution is 2.25. The number of methoxy groups -OCH3 is 1. The molecule has 17 heavy (non-hydrogen) atoms. The first-order valence-electron chi connectivity index (χ1n) is 5.63. The van der Waals surface area contributed by atoms with Crippen LogP contribution in [0.2, 0.25) is 0 Å². The van der Waals surface area contributed by atoms with Crippen molar-refractivity contribution in [3.05, 3.63) is 28.2 Å². The van der Waals surface area contributed by atoms with E-state index in [0.29, 0.717) is 19.6 Å². The standard InChI is InChI=1S/C13H15BrO3/c1-16-13-3-2-11(14)6-10(13)7-12(15)9-4-5-17-8-9/h2-3,6,9H,4-5,7-8H2,1H3. The van der Waals surface area contributed by atoms with E-state index in [1.807, 2.05) is 18.2 Å². The molecule has 1 heterocycles. The van der Waals surface area contributed by atoms with Gasteiger partial charge in [0.1, 0.15) is 11.5 Å². The molecular weight excluding hydrogens is 284 g/mol. The maximum atomic E-state index is 12.0. The molecule has 1 unspecified atom stereocenters. The third-order valence-corrected chi connectivity index (χ3v) is 3.49. The largest absolute Gasteiger partial charge is 0.496 e. The molecular formula is C13H15BrO3. The van der Waals surface area contributed by atoms with Crippen LogP contribution in [0.25, 0.3) is 0 Å². The van der Waals surface area contributed by atoms with E-state index in [4.69, 9.17) is 9.47 Å². The number of hydrogen-bond acceptors (Lipinski definition) is 3. The summed E-state index contributed by atoms with van der Waals surface area (Å²) in [4.78, 5) is 12.0. The quantitative estimate of drug-likeness (QED) is 0.857. The minimum Gasteiger partial charge on any atom is -0.496 e. The van der Waals surface area contributed by atoms with Crippen LogP contribution in [0.1, 0.15) is 12.0 Å². The summed E-state index contributed by atoms with van der Waals surface area (Å²) in [5.74, 6) is 1.05. The predicted molar refractivity (Wildman–Crippen MR) is 68.3 cm³/mol. The second-order valence-electron chi connectivity index (χ2n) is 4.16. The van der Waals surface area contributed by atoms with Crippen molar-refractivity contribution in [1.29, 1.82) is 0 Å². The van der Waals surface area contributed by atoms with Gasteiger partial charge in [-0.3, -0.25) is 4.79 Å². The fourth-order valence-corrected chi connectivity index (χ4v) is 2.41. The van der Waals surface area contributed by atoms with E-state index < -0.39 is 0 Å². The summed E-state index contributed by atoms with van der Waals surface area (Å²) in [6, 6.07) is 5.72. The van der Waals surface area contributed by atoms with Crippen molar-refractivity contribution in [2.45, 2.75) is 12.8 Å². The molecule has 1 saturated heterocycles. The fraction of sp³-hybridized carbons (Fsp3) is 0.462. The highest BCUT2D eigenvalue weighted by Gasteiger charge is 2.24. The monoisotopic (exact) mass is 298 g/mol. The summed E-state index contributed by atoms with van der Waals surface area (Å²) >= 11 is 3.41. The van der Waals surface area contributed by atoms with Gasteiger partial charge in [0.25, 0.3) is 0 Å². The van der Waals surface area contributed by atoms with E-state index in [1.165, 1.54) is 0 Å². The maximum absolute atomic E-state index is 12.0. The van der Waals surface area contributed by atoms with Gasteiger partial charge in [0.05, 0.1) is 13.7 Å². The van der Waals surface area contributed by atoms with Crippen LogP contribution in [0.5, 0.6) is 5.75 Å². The Bertz CT molecular complexity index is 411. The van der Waals surface area contributed by atoms with E-state index in [2.05, 4.69) is 15.9 Å². The van der Waals surface area contributed by atoms with Gasteiger partial charge in [-0.25, -0.2) is 0 Å². The molecule has 1 aromatic rings. The summed E-state index contributed by atoms with van der Waals surface area (Å²) in [5, 5.41) is 0. The number of ether oxygens (including phenoxy) is 2. The number of hydrogen-bond donors (Lipinski definition) is 0. The smallest absolute Gasteiger partial charge is 0.142 e. The molecule has 1 fully saturated rings. The molecule has 1 atom stereocenters. The number of carbonyl (C=O) groups excluding carboxylic acids is 1. The number of carbonyl (C=O) groups is 1. The van der Waals surface area contributed by atoms with Crippen LogP contribution in [0.4, 0.5) is 0 Å². The lowest BCUT2D eigenvalue weighted by molar-refractivity contribution is -0.122. The highest BCUT2D eigenvalue weighted by molar-refractivity contribution is 9.10. The predicted octanol–water partition coefficient (Wildman–Crippen LogP) is 2.61. The third kappa shape index (κ3) is 3.07.